The summed E-state index contributed by atoms with van der Waals surface area (Å²) in [5, 5.41) is 0. The van der Waals surface area contributed by atoms with Crippen molar-refractivity contribution in [1.29, 1.82) is 0 Å². The number of esters is 1. The SMILES string of the molecule is COC(=O)[C@@H]1[C@H]2C(=O)N(C3CCCC3)C[C@]23C=C[C@H]1O3. The number of carbonyl (C=O) groups is 2. The van der Waals surface area contributed by atoms with Gasteiger partial charge in [0.2, 0.25) is 5.91 Å². The van der Waals surface area contributed by atoms with E-state index >= 15 is 0 Å². The summed E-state index contributed by atoms with van der Waals surface area (Å²) in [6.07, 6.45) is 8.15. The molecule has 1 aliphatic carbocycles. The molecule has 3 fully saturated rings. The van der Waals surface area contributed by atoms with Crippen molar-refractivity contribution in [3.8, 4) is 0 Å². The van der Waals surface area contributed by atoms with Gasteiger partial charge in [0, 0.05) is 6.04 Å². The van der Waals surface area contributed by atoms with Crippen molar-refractivity contribution < 1.29 is 19.1 Å². The molecule has 4 rings (SSSR count). The number of likely N-dealkylation sites (tertiary alicyclic amines) is 1. The molecule has 2 bridgehead atoms. The highest BCUT2D eigenvalue weighted by atomic mass is 16.5. The smallest absolute Gasteiger partial charge is 0.312 e. The van der Waals surface area contributed by atoms with Crippen molar-refractivity contribution in [3.05, 3.63) is 12.2 Å². The highest BCUT2D eigenvalue weighted by molar-refractivity contribution is 5.91. The summed E-state index contributed by atoms with van der Waals surface area (Å²) in [6, 6.07) is 0.330. The van der Waals surface area contributed by atoms with Crippen LogP contribution in [-0.4, -0.2) is 48.2 Å². The summed E-state index contributed by atoms with van der Waals surface area (Å²) in [5.74, 6) is -1.10. The molecule has 1 saturated carbocycles. The van der Waals surface area contributed by atoms with E-state index in [9.17, 15) is 9.59 Å². The average molecular weight is 277 g/mol. The molecule has 2 saturated heterocycles. The Kier molecular flexibility index (Phi) is 2.52. The van der Waals surface area contributed by atoms with Crippen LogP contribution in [0.1, 0.15) is 25.7 Å². The maximum absolute atomic E-state index is 12.8. The monoisotopic (exact) mass is 277 g/mol. The van der Waals surface area contributed by atoms with Gasteiger partial charge in [-0.05, 0) is 12.8 Å². The Hall–Kier alpha value is -1.36. The molecule has 108 valence electrons. The lowest BCUT2D eigenvalue weighted by molar-refractivity contribution is -0.151. The Balaban J connectivity index is 1.67. The van der Waals surface area contributed by atoms with Crippen LogP contribution in [0.4, 0.5) is 0 Å². The van der Waals surface area contributed by atoms with Crippen LogP contribution in [0.2, 0.25) is 0 Å². The molecular weight excluding hydrogens is 258 g/mol. The van der Waals surface area contributed by atoms with Gasteiger partial charge in [0.05, 0.1) is 25.7 Å². The zero-order valence-corrected chi connectivity index (χ0v) is 11.6. The molecular formula is C15H19NO4. The maximum atomic E-state index is 12.8. The highest BCUT2D eigenvalue weighted by Crippen LogP contribution is 2.53. The van der Waals surface area contributed by atoms with Crippen molar-refractivity contribution in [1.82, 2.24) is 4.90 Å². The van der Waals surface area contributed by atoms with Gasteiger partial charge in [0.1, 0.15) is 11.5 Å². The summed E-state index contributed by atoms with van der Waals surface area (Å²) in [7, 11) is 1.37. The summed E-state index contributed by atoms with van der Waals surface area (Å²) >= 11 is 0. The lowest BCUT2D eigenvalue weighted by atomic mass is 9.77. The first-order valence-electron chi connectivity index (χ1n) is 7.42. The van der Waals surface area contributed by atoms with Crippen molar-refractivity contribution in [3.63, 3.8) is 0 Å². The van der Waals surface area contributed by atoms with Crippen molar-refractivity contribution in [2.75, 3.05) is 13.7 Å². The van der Waals surface area contributed by atoms with Crippen molar-refractivity contribution >= 4 is 11.9 Å². The molecule has 5 heteroatoms. The van der Waals surface area contributed by atoms with Crippen LogP contribution in [0, 0.1) is 11.8 Å². The Labute approximate surface area is 117 Å². The van der Waals surface area contributed by atoms with E-state index in [1.165, 1.54) is 20.0 Å². The number of methoxy groups -OCH3 is 1. The first-order valence-corrected chi connectivity index (χ1v) is 7.42. The topological polar surface area (TPSA) is 55.8 Å². The van der Waals surface area contributed by atoms with Gasteiger partial charge in [0.15, 0.2) is 0 Å². The Morgan fingerprint density at radius 1 is 1.45 bits per heavy atom. The number of fused-ring (bicyclic) bond motifs is 1. The third-order valence-electron chi connectivity index (χ3n) is 5.37. The first kappa shape index (κ1) is 12.4. The molecule has 0 radical (unpaired) electrons. The quantitative estimate of drug-likeness (QED) is 0.555. The third-order valence-corrected chi connectivity index (χ3v) is 5.37. The molecule has 0 aromatic heterocycles. The van der Waals surface area contributed by atoms with E-state index in [1.807, 2.05) is 17.1 Å². The number of hydrogen-bond donors (Lipinski definition) is 0. The lowest BCUT2D eigenvalue weighted by Crippen LogP contribution is -2.40. The predicted octanol–water partition coefficient (Wildman–Crippen LogP) is 0.884. The summed E-state index contributed by atoms with van der Waals surface area (Å²) in [6.45, 7) is 0.599. The zero-order chi connectivity index (χ0) is 13.9. The first-order chi connectivity index (χ1) is 9.66. The van der Waals surface area contributed by atoms with E-state index in [4.69, 9.17) is 9.47 Å². The largest absolute Gasteiger partial charge is 0.469 e. The normalized spacial score (nSPS) is 42.5. The number of ether oxygens (including phenoxy) is 2. The molecule has 1 amide bonds. The lowest BCUT2D eigenvalue weighted by Gasteiger charge is -2.26. The molecule has 1 spiro atoms. The van der Waals surface area contributed by atoms with E-state index in [0.29, 0.717) is 12.6 Å². The molecule has 3 aliphatic heterocycles. The van der Waals surface area contributed by atoms with Gasteiger partial charge in [-0.2, -0.15) is 0 Å². The highest BCUT2D eigenvalue weighted by Gasteiger charge is 2.67. The molecule has 0 unspecified atom stereocenters. The number of carbonyl (C=O) groups excluding carboxylic acids is 2. The fourth-order valence-corrected chi connectivity index (χ4v) is 4.46. The fourth-order valence-electron chi connectivity index (χ4n) is 4.46. The number of hydrogen-bond acceptors (Lipinski definition) is 4. The van der Waals surface area contributed by atoms with Crippen LogP contribution >= 0.6 is 0 Å². The van der Waals surface area contributed by atoms with E-state index in [0.717, 1.165) is 12.8 Å². The molecule has 3 heterocycles. The Bertz CT molecular complexity index is 496. The van der Waals surface area contributed by atoms with Gasteiger partial charge in [-0.15, -0.1) is 0 Å². The minimum atomic E-state index is -0.580. The van der Waals surface area contributed by atoms with Gasteiger partial charge in [-0.25, -0.2) is 0 Å². The number of nitrogens with zero attached hydrogens (tertiary/aromatic N) is 1. The van der Waals surface area contributed by atoms with Crippen LogP contribution < -0.4 is 0 Å². The van der Waals surface area contributed by atoms with Gasteiger partial charge in [-0.3, -0.25) is 9.59 Å². The van der Waals surface area contributed by atoms with Crippen molar-refractivity contribution in [2.24, 2.45) is 11.8 Å². The van der Waals surface area contributed by atoms with Crippen LogP contribution in [0.15, 0.2) is 12.2 Å². The molecule has 0 N–H and O–H groups in total. The average Bonchev–Trinajstić information content (AvgIpc) is 3.18. The van der Waals surface area contributed by atoms with Gasteiger partial charge in [0.25, 0.3) is 0 Å². The van der Waals surface area contributed by atoms with Crippen LogP contribution in [0.25, 0.3) is 0 Å². The summed E-state index contributed by atoms with van der Waals surface area (Å²) in [5.41, 5.74) is -0.580. The predicted molar refractivity (Wildman–Crippen MR) is 69.7 cm³/mol. The van der Waals surface area contributed by atoms with E-state index in [-0.39, 0.29) is 23.9 Å². The number of amides is 1. The van der Waals surface area contributed by atoms with Gasteiger partial charge >= 0.3 is 5.97 Å². The van der Waals surface area contributed by atoms with Gasteiger partial charge in [-0.1, -0.05) is 25.0 Å². The minimum Gasteiger partial charge on any atom is -0.469 e. The summed E-state index contributed by atoms with van der Waals surface area (Å²) < 4.78 is 10.9. The Morgan fingerprint density at radius 3 is 2.90 bits per heavy atom. The second kappa shape index (κ2) is 4.07. The third kappa shape index (κ3) is 1.41. The maximum Gasteiger partial charge on any atom is 0.312 e. The molecule has 0 aromatic carbocycles. The van der Waals surface area contributed by atoms with E-state index in [2.05, 4.69) is 0 Å². The fraction of sp³-hybridized carbons (Fsp3) is 0.733. The standard InChI is InChI=1S/C15H19NO4/c1-19-14(18)11-10-6-7-15(20-10)8-16(13(17)12(11)15)9-4-2-3-5-9/h6-7,9-12H,2-5,8H2,1H3/t10-,11+,12+,15-/m1/s1. The molecule has 20 heavy (non-hydrogen) atoms. The van der Waals surface area contributed by atoms with Crippen LogP contribution in [-0.2, 0) is 19.1 Å². The minimum absolute atomic E-state index is 0.0825. The van der Waals surface area contributed by atoms with E-state index in [1.54, 1.807) is 0 Å². The van der Waals surface area contributed by atoms with Gasteiger partial charge < -0.3 is 14.4 Å². The number of rotatable bonds is 2. The van der Waals surface area contributed by atoms with Crippen LogP contribution in [0.3, 0.4) is 0 Å². The second-order valence-electron chi connectivity index (χ2n) is 6.33. The molecule has 0 aromatic rings. The Morgan fingerprint density at radius 2 is 2.20 bits per heavy atom. The summed E-state index contributed by atoms with van der Waals surface area (Å²) in [4.78, 5) is 26.8. The zero-order valence-electron chi connectivity index (χ0n) is 11.6. The molecule has 4 aliphatic rings. The molecule has 5 nitrogen and oxygen atoms in total. The van der Waals surface area contributed by atoms with Crippen LogP contribution in [0.5, 0.6) is 0 Å². The molecule has 4 atom stereocenters. The second-order valence-corrected chi connectivity index (χ2v) is 6.33. The van der Waals surface area contributed by atoms with Crippen molar-refractivity contribution in [2.45, 2.75) is 43.4 Å². The van der Waals surface area contributed by atoms with E-state index < -0.39 is 11.5 Å².